The molecule has 0 aliphatic carbocycles. The van der Waals surface area contributed by atoms with Crippen molar-refractivity contribution in [1.29, 1.82) is 0 Å². The molecule has 1 rings (SSSR count). The number of nitrogens with zero attached hydrogens (tertiary/aromatic N) is 2. The molecule has 0 amide bonds. The summed E-state index contributed by atoms with van der Waals surface area (Å²) >= 11 is 2.12. The van der Waals surface area contributed by atoms with Gasteiger partial charge in [-0.25, -0.2) is 0 Å². The number of methoxy groups -OCH3 is 1. The number of rotatable bonds is 5. The molecule has 0 radical (unpaired) electrons. The number of ether oxygens (including phenoxy) is 1. The highest BCUT2D eigenvalue weighted by Gasteiger charge is 2.05. The largest absolute Gasteiger partial charge is 0.385 e. The Labute approximate surface area is 90.4 Å². The molecule has 13 heavy (non-hydrogen) atoms. The molecule has 1 aromatic rings. The zero-order valence-electron chi connectivity index (χ0n) is 7.36. The normalized spacial score (nSPS) is 10.3. The third-order valence-electron chi connectivity index (χ3n) is 1.65. The SMILES string of the molecule is COCCCn1ncc(C=O)c1I. The standard InChI is InChI=1S/C8H11IN2O2/c1-13-4-2-3-11-8(9)7(6-12)5-10-11/h5-6H,2-4H2,1H3. The molecular weight excluding hydrogens is 283 g/mol. The summed E-state index contributed by atoms with van der Waals surface area (Å²) in [5.41, 5.74) is 0.651. The maximum absolute atomic E-state index is 10.5. The van der Waals surface area contributed by atoms with E-state index in [9.17, 15) is 4.79 Å². The van der Waals surface area contributed by atoms with Gasteiger partial charge in [0.2, 0.25) is 0 Å². The first-order valence-corrected chi connectivity index (χ1v) is 5.03. The molecule has 0 saturated carbocycles. The second-order valence-corrected chi connectivity index (χ2v) is 3.60. The third-order valence-corrected chi connectivity index (χ3v) is 2.83. The average molecular weight is 294 g/mol. The van der Waals surface area contributed by atoms with Gasteiger partial charge in [-0.05, 0) is 29.0 Å². The van der Waals surface area contributed by atoms with Gasteiger partial charge in [0, 0.05) is 20.3 Å². The lowest BCUT2D eigenvalue weighted by Crippen LogP contribution is -2.05. The fourth-order valence-corrected chi connectivity index (χ4v) is 1.61. The molecule has 0 fully saturated rings. The highest BCUT2D eigenvalue weighted by atomic mass is 127. The van der Waals surface area contributed by atoms with Gasteiger partial charge in [0.15, 0.2) is 6.29 Å². The number of carbonyl (C=O) groups excluding carboxylic acids is 1. The van der Waals surface area contributed by atoms with Crippen molar-refractivity contribution in [2.45, 2.75) is 13.0 Å². The minimum Gasteiger partial charge on any atom is -0.385 e. The van der Waals surface area contributed by atoms with E-state index in [0.29, 0.717) is 12.2 Å². The first kappa shape index (κ1) is 10.6. The van der Waals surface area contributed by atoms with Crippen molar-refractivity contribution < 1.29 is 9.53 Å². The molecule has 0 bridgehead atoms. The molecule has 72 valence electrons. The van der Waals surface area contributed by atoms with E-state index in [1.54, 1.807) is 13.3 Å². The van der Waals surface area contributed by atoms with Crippen LogP contribution in [0.25, 0.3) is 0 Å². The maximum atomic E-state index is 10.5. The minimum absolute atomic E-state index is 0.651. The van der Waals surface area contributed by atoms with Gasteiger partial charge >= 0.3 is 0 Å². The van der Waals surface area contributed by atoms with Crippen LogP contribution in [-0.4, -0.2) is 29.8 Å². The maximum Gasteiger partial charge on any atom is 0.154 e. The molecule has 0 aliphatic rings. The lowest BCUT2D eigenvalue weighted by molar-refractivity contribution is 0.112. The van der Waals surface area contributed by atoms with Gasteiger partial charge in [-0.15, -0.1) is 0 Å². The van der Waals surface area contributed by atoms with Crippen LogP contribution in [0, 0.1) is 3.70 Å². The van der Waals surface area contributed by atoms with Crippen LogP contribution in [0.3, 0.4) is 0 Å². The monoisotopic (exact) mass is 294 g/mol. The van der Waals surface area contributed by atoms with Gasteiger partial charge < -0.3 is 4.74 Å². The molecule has 5 heteroatoms. The molecular formula is C8H11IN2O2. The number of hydrogen-bond donors (Lipinski definition) is 0. The molecule has 0 spiro atoms. The smallest absolute Gasteiger partial charge is 0.154 e. The Balaban J connectivity index is 2.56. The van der Waals surface area contributed by atoms with Gasteiger partial charge in [0.05, 0.1) is 11.8 Å². The van der Waals surface area contributed by atoms with E-state index >= 15 is 0 Å². The van der Waals surface area contributed by atoms with E-state index in [2.05, 4.69) is 27.7 Å². The van der Waals surface area contributed by atoms with Gasteiger partial charge in [-0.1, -0.05) is 0 Å². The molecule has 0 aromatic carbocycles. The van der Waals surface area contributed by atoms with Crippen LogP contribution in [0.15, 0.2) is 6.20 Å². The van der Waals surface area contributed by atoms with Crippen molar-refractivity contribution in [3.05, 3.63) is 15.5 Å². The molecule has 0 N–H and O–H groups in total. The molecule has 0 unspecified atom stereocenters. The van der Waals surface area contributed by atoms with Crippen molar-refractivity contribution in [1.82, 2.24) is 9.78 Å². The summed E-state index contributed by atoms with van der Waals surface area (Å²) in [5, 5.41) is 4.08. The van der Waals surface area contributed by atoms with E-state index in [-0.39, 0.29) is 0 Å². The lowest BCUT2D eigenvalue weighted by Gasteiger charge is -2.01. The van der Waals surface area contributed by atoms with Crippen molar-refractivity contribution in [2.24, 2.45) is 0 Å². The Bertz CT molecular complexity index is 286. The van der Waals surface area contributed by atoms with Crippen molar-refractivity contribution in [2.75, 3.05) is 13.7 Å². The highest BCUT2D eigenvalue weighted by Crippen LogP contribution is 2.09. The number of aryl methyl sites for hydroxylation is 1. The Morgan fingerprint density at radius 3 is 3.08 bits per heavy atom. The van der Waals surface area contributed by atoms with Crippen LogP contribution in [0.1, 0.15) is 16.8 Å². The fourth-order valence-electron chi connectivity index (χ4n) is 0.978. The number of halogens is 1. The van der Waals surface area contributed by atoms with Crippen LogP contribution in [0.5, 0.6) is 0 Å². The first-order valence-electron chi connectivity index (χ1n) is 3.95. The summed E-state index contributed by atoms with van der Waals surface area (Å²) in [6.07, 6.45) is 3.32. The predicted octanol–water partition coefficient (Wildman–Crippen LogP) is 1.34. The molecule has 1 heterocycles. The van der Waals surface area contributed by atoms with Crippen molar-refractivity contribution in [3.63, 3.8) is 0 Å². The number of hydrogen-bond acceptors (Lipinski definition) is 3. The Kier molecular flexibility index (Phi) is 4.37. The molecule has 0 saturated heterocycles. The lowest BCUT2D eigenvalue weighted by atomic mass is 10.4. The van der Waals surface area contributed by atoms with Gasteiger partial charge in [0.25, 0.3) is 0 Å². The van der Waals surface area contributed by atoms with E-state index in [4.69, 9.17) is 4.74 Å². The van der Waals surface area contributed by atoms with Gasteiger partial charge in [-0.2, -0.15) is 5.10 Å². The summed E-state index contributed by atoms with van der Waals surface area (Å²) in [7, 11) is 1.67. The summed E-state index contributed by atoms with van der Waals surface area (Å²) in [6.45, 7) is 1.51. The van der Waals surface area contributed by atoms with Crippen LogP contribution in [-0.2, 0) is 11.3 Å². The van der Waals surface area contributed by atoms with Crippen molar-refractivity contribution in [3.8, 4) is 0 Å². The summed E-state index contributed by atoms with van der Waals surface area (Å²) in [5.74, 6) is 0. The summed E-state index contributed by atoms with van der Waals surface area (Å²) < 4.78 is 7.62. The molecule has 4 nitrogen and oxygen atoms in total. The average Bonchev–Trinajstić information content (AvgIpc) is 2.48. The minimum atomic E-state index is 0.651. The second kappa shape index (κ2) is 5.33. The second-order valence-electron chi connectivity index (χ2n) is 2.58. The van der Waals surface area contributed by atoms with E-state index in [1.165, 1.54) is 0 Å². The first-order chi connectivity index (χ1) is 6.29. The Morgan fingerprint density at radius 1 is 1.77 bits per heavy atom. The molecule has 1 aromatic heterocycles. The third kappa shape index (κ3) is 2.77. The Hall–Kier alpha value is -0.430. The van der Waals surface area contributed by atoms with Crippen LogP contribution >= 0.6 is 22.6 Å². The van der Waals surface area contributed by atoms with E-state index in [1.807, 2.05) is 4.68 Å². The van der Waals surface area contributed by atoms with Crippen LogP contribution in [0.2, 0.25) is 0 Å². The predicted molar refractivity (Wildman–Crippen MR) is 56.8 cm³/mol. The van der Waals surface area contributed by atoms with Crippen LogP contribution in [0.4, 0.5) is 0 Å². The number of carbonyl (C=O) groups is 1. The highest BCUT2D eigenvalue weighted by molar-refractivity contribution is 14.1. The topological polar surface area (TPSA) is 44.1 Å². The summed E-state index contributed by atoms with van der Waals surface area (Å²) in [4.78, 5) is 10.5. The summed E-state index contributed by atoms with van der Waals surface area (Å²) in [6, 6.07) is 0. The Morgan fingerprint density at radius 2 is 2.54 bits per heavy atom. The number of aldehydes is 1. The quantitative estimate of drug-likeness (QED) is 0.467. The van der Waals surface area contributed by atoms with E-state index in [0.717, 1.165) is 23.0 Å². The number of aromatic nitrogens is 2. The van der Waals surface area contributed by atoms with Gasteiger partial charge in [0.1, 0.15) is 3.70 Å². The zero-order chi connectivity index (χ0) is 9.68. The van der Waals surface area contributed by atoms with E-state index < -0.39 is 0 Å². The zero-order valence-corrected chi connectivity index (χ0v) is 9.52. The van der Waals surface area contributed by atoms with Gasteiger partial charge in [-0.3, -0.25) is 9.48 Å². The molecule has 0 atom stereocenters. The fraction of sp³-hybridized carbons (Fsp3) is 0.500. The van der Waals surface area contributed by atoms with Crippen molar-refractivity contribution >= 4 is 28.9 Å². The van der Waals surface area contributed by atoms with Crippen LogP contribution < -0.4 is 0 Å². The molecule has 0 aliphatic heterocycles.